The van der Waals surface area contributed by atoms with Crippen molar-refractivity contribution in [1.29, 1.82) is 0 Å². The van der Waals surface area contributed by atoms with Crippen LogP contribution in [0.15, 0.2) is 18.2 Å². The van der Waals surface area contributed by atoms with Crippen LogP contribution in [-0.2, 0) is 11.8 Å². The van der Waals surface area contributed by atoms with Gasteiger partial charge < -0.3 is 5.11 Å². The van der Waals surface area contributed by atoms with E-state index in [2.05, 4.69) is 45.9 Å². The van der Waals surface area contributed by atoms with E-state index in [9.17, 15) is 0 Å². The quantitative estimate of drug-likeness (QED) is 0.811. The van der Waals surface area contributed by atoms with E-state index < -0.39 is 0 Å². The molecule has 0 aromatic heterocycles. The van der Waals surface area contributed by atoms with Crippen LogP contribution in [0.2, 0.25) is 0 Å². The van der Waals surface area contributed by atoms with E-state index in [0.29, 0.717) is 0 Å². The highest BCUT2D eigenvalue weighted by Crippen LogP contribution is 2.24. The van der Waals surface area contributed by atoms with Crippen LogP contribution in [-0.4, -0.2) is 30.3 Å². The number of aryl methyl sites for hydroxylation is 1. The van der Waals surface area contributed by atoms with Crippen LogP contribution >= 0.6 is 0 Å². The molecule has 96 valence electrons. The molecule has 2 heteroatoms. The molecule has 0 saturated carbocycles. The van der Waals surface area contributed by atoms with Crippen LogP contribution < -0.4 is 0 Å². The summed E-state index contributed by atoms with van der Waals surface area (Å²) in [7, 11) is 1.93. The molecule has 1 aromatic carbocycles. The molecule has 0 aliphatic carbocycles. The first-order valence-corrected chi connectivity index (χ1v) is 6.24. The number of aliphatic hydroxyl groups is 1. The first-order valence-electron chi connectivity index (χ1n) is 6.24. The minimum Gasteiger partial charge on any atom is -0.381 e. The van der Waals surface area contributed by atoms with Crippen molar-refractivity contribution < 1.29 is 5.11 Å². The first-order chi connectivity index (χ1) is 7.84. The van der Waals surface area contributed by atoms with Gasteiger partial charge in [0.2, 0.25) is 0 Å². The molecular formula is C15H25NO. The second-order valence-electron chi connectivity index (χ2n) is 5.86. The maximum Gasteiger partial charge on any atom is 0.0954 e. The Labute approximate surface area is 105 Å². The Kier molecular flexibility index (Phi) is 4.72. The molecule has 0 aliphatic rings. The summed E-state index contributed by atoms with van der Waals surface area (Å²) in [5.41, 5.74) is 4.32. The van der Waals surface area contributed by atoms with Gasteiger partial charge in [0, 0.05) is 6.54 Å². The number of hydrogen-bond acceptors (Lipinski definition) is 2. The van der Waals surface area contributed by atoms with Crippen LogP contribution in [0.25, 0.3) is 0 Å². The van der Waals surface area contributed by atoms with Crippen molar-refractivity contribution in [3.05, 3.63) is 34.9 Å². The van der Waals surface area contributed by atoms with Crippen molar-refractivity contribution in [1.82, 2.24) is 4.90 Å². The van der Waals surface area contributed by atoms with Crippen LogP contribution in [0, 0.1) is 6.92 Å². The largest absolute Gasteiger partial charge is 0.381 e. The highest BCUT2D eigenvalue weighted by Gasteiger charge is 2.14. The number of hydrogen-bond donors (Lipinski definition) is 1. The minimum atomic E-state index is 0.124. The molecule has 0 fully saturated rings. The number of nitrogens with zero attached hydrogens (tertiary/aromatic N) is 1. The molecule has 0 unspecified atom stereocenters. The molecule has 0 amide bonds. The van der Waals surface area contributed by atoms with Crippen LogP contribution in [0.4, 0.5) is 0 Å². The minimum absolute atomic E-state index is 0.124. The van der Waals surface area contributed by atoms with Gasteiger partial charge in [0.05, 0.1) is 6.73 Å². The SMILES string of the molecule is Cc1cc(C(C)(C)C)ccc1CCN(C)CO. The predicted molar refractivity (Wildman–Crippen MR) is 73.3 cm³/mol. The fraction of sp³-hybridized carbons (Fsp3) is 0.600. The Morgan fingerprint density at radius 3 is 2.35 bits per heavy atom. The van der Waals surface area contributed by atoms with E-state index in [-0.39, 0.29) is 12.1 Å². The Bertz CT molecular complexity index is 366. The fourth-order valence-corrected chi connectivity index (χ4v) is 1.82. The van der Waals surface area contributed by atoms with Gasteiger partial charge >= 0.3 is 0 Å². The lowest BCUT2D eigenvalue weighted by Crippen LogP contribution is -2.22. The Hall–Kier alpha value is -0.860. The zero-order valence-corrected chi connectivity index (χ0v) is 11.7. The molecule has 2 nitrogen and oxygen atoms in total. The van der Waals surface area contributed by atoms with Gasteiger partial charge in [-0.2, -0.15) is 0 Å². The average Bonchev–Trinajstić information content (AvgIpc) is 2.25. The molecule has 1 rings (SSSR count). The van der Waals surface area contributed by atoms with Gasteiger partial charge in [-0.1, -0.05) is 39.0 Å². The third-order valence-electron chi connectivity index (χ3n) is 3.21. The third-order valence-corrected chi connectivity index (χ3v) is 3.21. The summed E-state index contributed by atoms with van der Waals surface area (Å²) < 4.78 is 0. The Morgan fingerprint density at radius 2 is 1.88 bits per heavy atom. The fourth-order valence-electron chi connectivity index (χ4n) is 1.82. The topological polar surface area (TPSA) is 23.5 Å². The summed E-state index contributed by atoms with van der Waals surface area (Å²) in [6.07, 6.45) is 0.993. The van der Waals surface area contributed by atoms with Crippen molar-refractivity contribution >= 4 is 0 Å². The molecule has 0 saturated heterocycles. The summed E-state index contributed by atoms with van der Waals surface area (Å²) in [6, 6.07) is 6.73. The molecule has 0 atom stereocenters. The van der Waals surface area contributed by atoms with Gasteiger partial charge in [0.15, 0.2) is 0 Å². The number of aliphatic hydroxyl groups excluding tert-OH is 1. The average molecular weight is 235 g/mol. The second kappa shape index (κ2) is 5.65. The van der Waals surface area contributed by atoms with Gasteiger partial charge in [0.1, 0.15) is 0 Å². The van der Waals surface area contributed by atoms with Gasteiger partial charge in [-0.15, -0.1) is 0 Å². The lowest BCUT2D eigenvalue weighted by molar-refractivity contribution is 0.134. The molecule has 0 aliphatic heterocycles. The van der Waals surface area contributed by atoms with Crippen molar-refractivity contribution in [3.63, 3.8) is 0 Å². The molecule has 0 spiro atoms. The summed E-state index contributed by atoms with van der Waals surface area (Å²) in [5, 5.41) is 8.96. The van der Waals surface area contributed by atoms with Crippen LogP contribution in [0.1, 0.15) is 37.5 Å². The normalized spacial score (nSPS) is 12.2. The lowest BCUT2D eigenvalue weighted by Gasteiger charge is -2.21. The molecule has 0 heterocycles. The zero-order valence-electron chi connectivity index (χ0n) is 11.7. The van der Waals surface area contributed by atoms with Crippen molar-refractivity contribution in [2.24, 2.45) is 0 Å². The standard InChI is InChI=1S/C15H25NO/c1-12-10-14(15(2,3)4)7-6-13(12)8-9-16(5)11-17/h6-7,10,17H,8-9,11H2,1-5H3. The highest BCUT2D eigenvalue weighted by atomic mass is 16.3. The van der Waals surface area contributed by atoms with Crippen LogP contribution in [0.5, 0.6) is 0 Å². The smallest absolute Gasteiger partial charge is 0.0954 e. The zero-order chi connectivity index (χ0) is 13.1. The first kappa shape index (κ1) is 14.2. The van der Waals surface area contributed by atoms with Crippen LogP contribution in [0.3, 0.4) is 0 Å². The second-order valence-corrected chi connectivity index (χ2v) is 5.86. The maximum atomic E-state index is 8.96. The number of likely N-dealkylation sites (N-methyl/N-ethyl adjacent to an activating group) is 1. The van der Waals surface area contributed by atoms with E-state index in [4.69, 9.17) is 5.11 Å². The molecule has 1 aromatic rings. The summed E-state index contributed by atoms with van der Waals surface area (Å²) in [4.78, 5) is 1.91. The van der Waals surface area contributed by atoms with Crippen molar-refractivity contribution in [2.45, 2.75) is 39.5 Å². The monoisotopic (exact) mass is 235 g/mol. The van der Waals surface area contributed by atoms with Crippen molar-refractivity contribution in [2.75, 3.05) is 20.3 Å². The van der Waals surface area contributed by atoms with Gasteiger partial charge in [-0.3, -0.25) is 4.90 Å². The van der Waals surface area contributed by atoms with E-state index in [0.717, 1.165) is 13.0 Å². The molecule has 0 radical (unpaired) electrons. The summed E-state index contributed by atoms with van der Waals surface area (Å²) in [5.74, 6) is 0. The summed E-state index contributed by atoms with van der Waals surface area (Å²) in [6.45, 7) is 9.90. The molecular weight excluding hydrogens is 210 g/mol. The van der Waals surface area contributed by atoms with Gasteiger partial charge in [-0.25, -0.2) is 0 Å². The van der Waals surface area contributed by atoms with Crippen molar-refractivity contribution in [3.8, 4) is 0 Å². The predicted octanol–water partition coefficient (Wildman–Crippen LogP) is 2.72. The molecule has 0 bridgehead atoms. The van der Waals surface area contributed by atoms with Gasteiger partial charge in [0.25, 0.3) is 0 Å². The summed E-state index contributed by atoms with van der Waals surface area (Å²) >= 11 is 0. The van der Waals surface area contributed by atoms with E-state index >= 15 is 0 Å². The van der Waals surface area contributed by atoms with Gasteiger partial charge in [-0.05, 0) is 42.5 Å². The van der Waals surface area contributed by atoms with E-state index in [1.54, 1.807) is 0 Å². The lowest BCUT2D eigenvalue weighted by atomic mass is 9.85. The molecule has 1 N–H and O–H groups in total. The highest BCUT2D eigenvalue weighted by molar-refractivity contribution is 5.34. The van der Waals surface area contributed by atoms with E-state index in [1.165, 1.54) is 16.7 Å². The number of rotatable bonds is 4. The van der Waals surface area contributed by atoms with E-state index in [1.807, 2.05) is 11.9 Å². The Balaban J connectivity index is 2.77. The molecule has 17 heavy (non-hydrogen) atoms. The third kappa shape index (κ3) is 4.14. The maximum absolute atomic E-state index is 8.96. The number of benzene rings is 1. The Morgan fingerprint density at radius 1 is 1.24 bits per heavy atom.